The first kappa shape index (κ1) is 20.7. The van der Waals surface area contributed by atoms with Crippen molar-refractivity contribution in [1.82, 2.24) is 14.9 Å². The highest BCUT2D eigenvalue weighted by Gasteiger charge is 2.20. The number of nitrogens with zero attached hydrogens (tertiary/aromatic N) is 3. The monoisotopic (exact) mass is 437 g/mol. The normalized spacial score (nSPS) is 11.9. The number of carbonyl (C=O) groups is 1. The molecular weight excluding hydrogens is 417 g/mol. The fraction of sp³-hybridized carbons (Fsp3) is 0.136. The molecule has 0 radical (unpaired) electrons. The van der Waals surface area contributed by atoms with Crippen LogP contribution in [0.4, 0.5) is 10.1 Å². The molecule has 9 heteroatoms. The number of nitrogens with two attached hydrogens (primary N) is 1. The van der Waals surface area contributed by atoms with Crippen molar-refractivity contribution in [3.05, 3.63) is 78.4 Å². The van der Waals surface area contributed by atoms with E-state index in [0.29, 0.717) is 16.7 Å². The Morgan fingerprint density at radius 2 is 1.87 bits per heavy atom. The number of rotatable bonds is 7. The maximum Gasteiger partial charge on any atom is 0.237 e. The second-order valence-electron chi connectivity index (χ2n) is 6.80. The SMILES string of the molecule is C[C@@H](Sc1nnc(COc2ccccc2F)n1N)C(=O)Nc1ccc2ccccc2c1. The van der Waals surface area contributed by atoms with E-state index >= 15 is 0 Å². The Morgan fingerprint density at radius 3 is 2.68 bits per heavy atom. The van der Waals surface area contributed by atoms with Gasteiger partial charge in [0.2, 0.25) is 11.1 Å². The van der Waals surface area contributed by atoms with Crippen LogP contribution in [-0.4, -0.2) is 26.0 Å². The van der Waals surface area contributed by atoms with Gasteiger partial charge in [0.1, 0.15) is 6.61 Å². The summed E-state index contributed by atoms with van der Waals surface area (Å²) in [6, 6.07) is 19.7. The van der Waals surface area contributed by atoms with Gasteiger partial charge in [-0.1, -0.05) is 54.2 Å². The van der Waals surface area contributed by atoms with Crippen molar-refractivity contribution in [2.45, 2.75) is 23.9 Å². The minimum atomic E-state index is -0.474. The molecule has 0 spiro atoms. The number of ether oxygens (including phenoxy) is 1. The van der Waals surface area contributed by atoms with Gasteiger partial charge >= 0.3 is 0 Å². The van der Waals surface area contributed by atoms with Crippen LogP contribution in [-0.2, 0) is 11.4 Å². The summed E-state index contributed by atoms with van der Waals surface area (Å²) in [7, 11) is 0. The van der Waals surface area contributed by atoms with Gasteiger partial charge in [-0.3, -0.25) is 4.79 Å². The molecule has 0 saturated carbocycles. The van der Waals surface area contributed by atoms with E-state index < -0.39 is 11.1 Å². The molecule has 0 saturated heterocycles. The molecule has 1 amide bonds. The number of para-hydroxylation sites is 1. The Labute approximate surface area is 182 Å². The first-order chi connectivity index (χ1) is 15.0. The third-order valence-corrected chi connectivity index (χ3v) is 5.65. The standard InChI is InChI=1S/C22H20FN5O2S/c1-14(21(29)25-17-11-10-15-6-2-3-7-16(15)12-17)31-22-27-26-20(28(22)24)13-30-19-9-5-4-8-18(19)23/h2-12,14H,13,24H2,1H3,(H,25,29)/t14-/m1/s1. The Bertz CT molecular complexity index is 1230. The molecule has 0 unspecified atom stereocenters. The molecule has 0 fully saturated rings. The highest BCUT2D eigenvalue weighted by molar-refractivity contribution is 8.00. The summed E-state index contributed by atoms with van der Waals surface area (Å²) in [6.45, 7) is 1.70. The number of nitrogens with one attached hydrogen (secondary N) is 1. The summed E-state index contributed by atoms with van der Waals surface area (Å²) in [6.07, 6.45) is 0. The topological polar surface area (TPSA) is 95.1 Å². The van der Waals surface area contributed by atoms with Crippen molar-refractivity contribution >= 4 is 34.1 Å². The second kappa shape index (κ2) is 9.05. The summed E-state index contributed by atoms with van der Waals surface area (Å²) in [5.74, 6) is 5.79. The molecule has 0 aliphatic heterocycles. The van der Waals surface area contributed by atoms with Gasteiger partial charge in [0.05, 0.1) is 5.25 Å². The Balaban J connectivity index is 1.38. The van der Waals surface area contributed by atoms with E-state index in [2.05, 4.69) is 15.5 Å². The van der Waals surface area contributed by atoms with Crippen LogP contribution in [0.25, 0.3) is 10.8 Å². The molecule has 1 aromatic heterocycles. The van der Waals surface area contributed by atoms with Gasteiger partial charge in [0.15, 0.2) is 17.4 Å². The van der Waals surface area contributed by atoms with Crippen LogP contribution >= 0.6 is 11.8 Å². The van der Waals surface area contributed by atoms with Crippen molar-refractivity contribution < 1.29 is 13.9 Å². The van der Waals surface area contributed by atoms with Crippen molar-refractivity contribution in [3.8, 4) is 5.75 Å². The van der Waals surface area contributed by atoms with Crippen LogP contribution in [0.1, 0.15) is 12.7 Å². The number of hydrogen-bond donors (Lipinski definition) is 2. The van der Waals surface area contributed by atoms with Gasteiger partial charge in [0, 0.05) is 5.69 Å². The lowest BCUT2D eigenvalue weighted by Crippen LogP contribution is -2.24. The lowest BCUT2D eigenvalue weighted by atomic mass is 10.1. The van der Waals surface area contributed by atoms with Gasteiger partial charge in [-0.25, -0.2) is 9.07 Å². The summed E-state index contributed by atoms with van der Waals surface area (Å²) in [5.41, 5.74) is 0.712. The highest BCUT2D eigenvalue weighted by Crippen LogP contribution is 2.24. The number of aromatic nitrogens is 3. The van der Waals surface area contributed by atoms with E-state index in [9.17, 15) is 9.18 Å². The Hall–Kier alpha value is -3.59. The van der Waals surface area contributed by atoms with Gasteiger partial charge in [-0.05, 0) is 42.0 Å². The maximum absolute atomic E-state index is 13.7. The Kier molecular flexibility index (Phi) is 6.03. The molecular formula is C22H20FN5O2S. The molecule has 0 aliphatic carbocycles. The molecule has 158 valence electrons. The number of benzene rings is 3. The molecule has 1 heterocycles. The van der Waals surface area contributed by atoms with E-state index in [0.717, 1.165) is 10.8 Å². The van der Waals surface area contributed by atoms with Crippen LogP contribution < -0.4 is 15.9 Å². The third kappa shape index (κ3) is 4.77. The number of halogens is 1. The molecule has 0 bridgehead atoms. The lowest BCUT2D eigenvalue weighted by molar-refractivity contribution is -0.115. The third-order valence-electron chi connectivity index (χ3n) is 4.60. The zero-order valence-corrected chi connectivity index (χ0v) is 17.5. The number of anilines is 1. The molecule has 1 atom stereocenters. The number of amides is 1. The molecule has 0 aliphatic rings. The van der Waals surface area contributed by atoms with Gasteiger partial charge in [-0.15, -0.1) is 10.2 Å². The summed E-state index contributed by atoms with van der Waals surface area (Å²) >= 11 is 1.17. The van der Waals surface area contributed by atoms with E-state index in [1.54, 1.807) is 19.1 Å². The predicted octanol–water partition coefficient (Wildman–Crippen LogP) is 3.98. The van der Waals surface area contributed by atoms with Crippen molar-refractivity contribution in [2.24, 2.45) is 0 Å². The molecule has 4 aromatic rings. The Morgan fingerprint density at radius 1 is 1.13 bits per heavy atom. The van der Waals surface area contributed by atoms with Gasteiger partial charge in [-0.2, -0.15) is 0 Å². The molecule has 7 nitrogen and oxygen atoms in total. The number of fused-ring (bicyclic) bond motifs is 1. The second-order valence-corrected chi connectivity index (χ2v) is 8.11. The number of thioether (sulfide) groups is 1. The average Bonchev–Trinajstić information content (AvgIpc) is 3.12. The van der Waals surface area contributed by atoms with Crippen LogP contribution in [0, 0.1) is 5.82 Å². The first-order valence-corrected chi connectivity index (χ1v) is 10.4. The highest BCUT2D eigenvalue weighted by atomic mass is 32.2. The van der Waals surface area contributed by atoms with E-state index in [1.165, 1.54) is 28.6 Å². The predicted molar refractivity (Wildman–Crippen MR) is 119 cm³/mol. The average molecular weight is 438 g/mol. The maximum atomic E-state index is 13.7. The van der Waals surface area contributed by atoms with Crippen molar-refractivity contribution in [1.29, 1.82) is 0 Å². The largest absolute Gasteiger partial charge is 0.482 e. The summed E-state index contributed by atoms with van der Waals surface area (Å²) in [4.78, 5) is 12.6. The van der Waals surface area contributed by atoms with Crippen LogP contribution in [0.5, 0.6) is 5.75 Å². The fourth-order valence-corrected chi connectivity index (χ4v) is 3.70. The van der Waals surface area contributed by atoms with Gasteiger partial charge < -0.3 is 15.9 Å². The van der Waals surface area contributed by atoms with Crippen LogP contribution in [0.15, 0.2) is 71.9 Å². The lowest BCUT2D eigenvalue weighted by Gasteiger charge is -2.12. The van der Waals surface area contributed by atoms with Gasteiger partial charge in [0.25, 0.3) is 0 Å². The minimum absolute atomic E-state index is 0.0529. The molecule has 4 rings (SSSR count). The quantitative estimate of drug-likeness (QED) is 0.335. The number of hydrogen-bond acceptors (Lipinski definition) is 6. The van der Waals surface area contributed by atoms with E-state index in [-0.39, 0.29) is 18.3 Å². The molecule has 31 heavy (non-hydrogen) atoms. The fourth-order valence-electron chi connectivity index (χ4n) is 2.91. The number of nitrogen functional groups attached to an aromatic ring is 1. The smallest absolute Gasteiger partial charge is 0.237 e. The zero-order valence-electron chi connectivity index (χ0n) is 16.7. The van der Waals surface area contributed by atoms with E-state index in [1.807, 2.05) is 42.5 Å². The summed E-state index contributed by atoms with van der Waals surface area (Å²) in [5, 5.41) is 12.9. The summed E-state index contributed by atoms with van der Waals surface area (Å²) < 4.78 is 20.3. The molecule has 3 aromatic carbocycles. The minimum Gasteiger partial charge on any atom is -0.482 e. The van der Waals surface area contributed by atoms with Crippen LogP contribution in [0.2, 0.25) is 0 Å². The first-order valence-electron chi connectivity index (χ1n) is 9.54. The number of carbonyl (C=O) groups excluding carboxylic acids is 1. The van der Waals surface area contributed by atoms with Crippen molar-refractivity contribution in [3.63, 3.8) is 0 Å². The van der Waals surface area contributed by atoms with E-state index in [4.69, 9.17) is 10.6 Å². The van der Waals surface area contributed by atoms with Crippen LogP contribution in [0.3, 0.4) is 0 Å². The molecule has 3 N–H and O–H groups in total. The van der Waals surface area contributed by atoms with Crippen molar-refractivity contribution in [2.75, 3.05) is 11.2 Å². The zero-order chi connectivity index (χ0) is 21.8.